The Morgan fingerprint density at radius 1 is 1.12 bits per heavy atom. The summed E-state index contributed by atoms with van der Waals surface area (Å²) < 4.78 is 27.5. The van der Waals surface area contributed by atoms with Crippen LogP contribution in [0.15, 0.2) is 77.2 Å². The van der Waals surface area contributed by atoms with Crippen LogP contribution < -0.4 is 5.43 Å². The Balaban J connectivity index is 1.89. The van der Waals surface area contributed by atoms with Crippen LogP contribution in [0.4, 0.5) is 8.78 Å². The van der Waals surface area contributed by atoms with Crippen molar-refractivity contribution >= 4 is 23.2 Å². The van der Waals surface area contributed by atoms with Gasteiger partial charge in [0.2, 0.25) is 0 Å². The molecule has 1 heterocycles. The quantitative estimate of drug-likeness (QED) is 0.291. The Morgan fingerprint density at radius 3 is 2.47 bits per heavy atom. The lowest BCUT2D eigenvalue weighted by atomic mass is 10.1. The number of hydrogen-bond donors (Lipinski definition) is 1. The number of rotatable bonds is 9. The number of halogens is 3. The summed E-state index contributed by atoms with van der Waals surface area (Å²) in [6.45, 7) is 2.30. The first-order valence-corrected chi connectivity index (χ1v) is 11.0. The second-order valence-corrected chi connectivity index (χ2v) is 7.81. The second kappa shape index (κ2) is 12.0. The molecule has 2 aromatic carbocycles. The van der Waals surface area contributed by atoms with E-state index in [0.29, 0.717) is 22.0 Å². The molecule has 3 rings (SSSR count). The molecule has 6 nitrogen and oxygen atoms in total. The van der Waals surface area contributed by atoms with Crippen molar-refractivity contribution < 1.29 is 13.6 Å². The van der Waals surface area contributed by atoms with Crippen LogP contribution in [0.25, 0.3) is 5.70 Å². The van der Waals surface area contributed by atoms with Gasteiger partial charge in [0.15, 0.2) is 0 Å². The molecular weight excluding hydrogens is 460 g/mol. The van der Waals surface area contributed by atoms with Crippen molar-refractivity contribution in [2.24, 2.45) is 10.3 Å². The molecule has 0 saturated carbocycles. The van der Waals surface area contributed by atoms with Gasteiger partial charge in [-0.3, -0.25) is 15.2 Å². The molecule has 1 N–H and O–H groups in total. The molecule has 0 spiro atoms. The summed E-state index contributed by atoms with van der Waals surface area (Å²) in [6.07, 6.45) is 4.35. The second-order valence-electron chi connectivity index (χ2n) is 7.40. The molecule has 3 aromatic rings. The molecule has 1 amide bonds. The number of carbonyl (C=O) groups excluding carboxylic acids is 1. The fourth-order valence-electron chi connectivity index (χ4n) is 3.30. The SMILES string of the molecule is CC/C=C(\NN=NC)c1ccc(CN(Cc2ccccc2Cl)C(=O)c2cc(F)cc(F)c2)cn1. The lowest BCUT2D eigenvalue weighted by molar-refractivity contribution is 0.0729. The summed E-state index contributed by atoms with van der Waals surface area (Å²) in [6, 6.07) is 13.5. The fraction of sp³-hybridized carbons (Fsp3) is 0.200. The van der Waals surface area contributed by atoms with Crippen molar-refractivity contribution in [2.45, 2.75) is 26.4 Å². The number of aromatic nitrogens is 1. The van der Waals surface area contributed by atoms with E-state index in [4.69, 9.17) is 11.6 Å². The van der Waals surface area contributed by atoms with Gasteiger partial charge in [0, 0.05) is 35.9 Å². The third-order valence-corrected chi connectivity index (χ3v) is 5.24. The molecule has 0 fully saturated rings. The number of allylic oxidation sites excluding steroid dienone is 1. The smallest absolute Gasteiger partial charge is 0.254 e. The molecule has 0 unspecified atom stereocenters. The van der Waals surface area contributed by atoms with Gasteiger partial charge in [-0.2, -0.15) is 5.11 Å². The number of nitrogens with one attached hydrogen (secondary N) is 1. The third-order valence-electron chi connectivity index (χ3n) is 4.87. The number of carbonyl (C=O) groups is 1. The van der Waals surface area contributed by atoms with E-state index in [9.17, 15) is 13.6 Å². The van der Waals surface area contributed by atoms with Crippen LogP contribution in [-0.2, 0) is 13.1 Å². The largest absolute Gasteiger partial charge is 0.330 e. The van der Waals surface area contributed by atoms with Crippen molar-refractivity contribution in [1.82, 2.24) is 15.3 Å². The van der Waals surface area contributed by atoms with Crippen molar-refractivity contribution in [3.63, 3.8) is 0 Å². The number of pyridine rings is 1. The molecule has 34 heavy (non-hydrogen) atoms. The van der Waals surface area contributed by atoms with Crippen molar-refractivity contribution in [3.8, 4) is 0 Å². The van der Waals surface area contributed by atoms with Gasteiger partial charge in [-0.05, 0) is 41.8 Å². The van der Waals surface area contributed by atoms with E-state index in [-0.39, 0.29) is 18.7 Å². The minimum absolute atomic E-state index is 0.0866. The average molecular weight is 484 g/mol. The minimum atomic E-state index is -0.820. The van der Waals surface area contributed by atoms with Crippen LogP contribution in [0.2, 0.25) is 5.02 Å². The van der Waals surface area contributed by atoms with Gasteiger partial charge in [-0.1, -0.05) is 54.1 Å². The highest BCUT2D eigenvalue weighted by Crippen LogP contribution is 2.21. The Bertz CT molecular complexity index is 1180. The van der Waals surface area contributed by atoms with Gasteiger partial charge >= 0.3 is 0 Å². The molecular formula is C25H24ClF2N5O. The summed E-state index contributed by atoms with van der Waals surface area (Å²) >= 11 is 6.30. The monoisotopic (exact) mass is 483 g/mol. The van der Waals surface area contributed by atoms with E-state index >= 15 is 0 Å². The predicted octanol–water partition coefficient (Wildman–Crippen LogP) is 6.19. The number of benzene rings is 2. The number of hydrogen-bond acceptors (Lipinski definition) is 4. The molecule has 1 aromatic heterocycles. The normalized spacial score (nSPS) is 11.6. The van der Waals surface area contributed by atoms with Gasteiger partial charge in [-0.15, -0.1) is 0 Å². The Hall–Kier alpha value is -3.65. The van der Waals surface area contributed by atoms with E-state index in [2.05, 4.69) is 20.7 Å². The first-order chi connectivity index (χ1) is 16.4. The maximum Gasteiger partial charge on any atom is 0.254 e. The Morgan fingerprint density at radius 2 is 1.85 bits per heavy atom. The van der Waals surface area contributed by atoms with Crippen LogP contribution >= 0.6 is 11.6 Å². The van der Waals surface area contributed by atoms with Crippen LogP contribution in [0, 0.1) is 11.6 Å². The molecule has 0 bridgehead atoms. The maximum atomic E-state index is 13.8. The summed E-state index contributed by atoms with van der Waals surface area (Å²) in [5.74, 6) is -2.17. The number of nitrogens with zero attached hydrogens (tertiary/aromatic N) is 4. The zero-order valence-electron chi connectivity index (χ0n) is 18.8. The van der Waals surface area contributed by atoms with E-state index in [0.717, 1.165) is 30.2 Å². The molecule has 0 aliphatic heterocycles. The van der Waals surface area contributed by atoms with Gasteiger partial charge < -0.3 is 4.90 Å². The van der Waals surface area contributed by atoms with Crippen molar-refractivity contribution in [1.29, 1.82) is 0 Å². The standard InChI is InChI=1S/C25H24ClF2N5O/c1-3-6-24(31-32-29-2)23-10-9-17(14-30-23)15-33(16-18-7-4-5-8-22(18)26)25(34)19-11-20(27)13-21(28)12-19/h4-14H,3,15-16H2,1-2H3,(H,29,31)/b24-6-. The van der Waals surface area contributed by atoms with E-state index in [1.54, 1.807) is 37.5 Å². The van der Waals surface area contributed by atoms with Crippen LogP contribution in [0.5, 0.6) is 0 Å². The first-order valence-electron chi connectivity index (χ1n) is 10.6. The highest BCUT2D eigenvalue weighted by atomic mass is 35.5. The van der Waals surface area contributed by atoms with Crippen LogP contribution in [-0.4, -0.2) is 22.8 Å². The highest BCUT2D eigenvalue weighted by Gasteiger charge is 2.20. The average Bonchev–Trinajstić information content (AvgIpc) is 2.82. The molecule has 0 atom stereocenters. The molecule has 0 aliphatic carbocycles. The topological polar surface area (TPSA) is 70.0 Å². The van der Waals surface area contributed by atoms with Gasteiger partial charge in [0.05, 0.1) is 18.4 Å². The van der Waals surface area contributed by atoms with Crippen molar-refractivity contribution in [3.05, 3.63) is 106 Å². The van der Waals surface area contributed by atoms with Crippen LogP contribution in [0.3, 0.4) is 0 Å². The van der Waals surface area contributed by atoms with E-state index < -0.39 is 17.5 Å². The summed E-state index contributed by atoms with van der Waals surface area (Å²) in [5, 5.41) is 7.98. The van der Waals surface area contributed by atoms with Gasteiger partial charge in [-0.25, -0.2) is 8.78 Å². The molecule has 176 valence electrons. The zero-order chi connectivity index (χ0) is 24.5. The maximum absolute atomic E-state index is 13.8. The molecule has 0 radical (unpaired) electrons. The predicted molar refractivity (Wildman–Crippen MR) is 128 cm³/mol. The third kappa shape index (κ3) is 6.68. The van der Waals surface area contributed by atoms with E-state index in [1.165, 1.54) is 4.90 Å². The van der Waals surface area contributed by atoms with E-state index in [1.807, 2.05) is 25.1 Å². The molecule has 0 saturated heterocycles. The summed E-state index contributed by atoms with van der Waals surface area (Å²) in [5.41, 5.74) is 5.56. The summed E-state index contributed by atoms with van der Waals surface area (Å²) in [4.78, 5) is 19.2. The highest BCUT2D eigenvalue weighted by molar-refractivity contribution is 6.31. The van der Waals surface area contributed by atoms with Crippen molar-refractivity contribution in [2.75, 3.05) is 7.05 Å². The first kappa shape index (κ1) is 25.0. The van der Waals surface area contributed by atoms with Crippen LogP contribution in [0.1, 0.15) is 40.5 Å². The Labute approximate surface area is 202 Å². The zero-order valence-corrected chi connectivity index (χ0v) is 19.6. The number of amides is 1. The lowest BCUT2D eigenvalue weighted by Gasteiger charge is -2.24. The minimum Gasteiger partial charge on any atom is -0.330 e. The van der Waals surface area contributed by atoms with Gasteiger partial charge in [0.25, 0.3) is 5.91 Å². The van der Waals surface area contributed by atoms with Gasteiger partial charge in [0.1, 0.15) is 11.6 Å². The fourth-order valence-corrected chi connectivity index (χ4v) is 3.50. The molecule has 9 heteroatoms. The molecule has 0 aliphatic rings. The Kier molecular flexibility index (Phi) is 8.81. The lowest BCUT2D eigenvalue weighted by Crippen LogP contribution is -2.30. The summed E-state index contributed by atoms with van der Waals surface area (Å²) in [7, 11) is 1.56.